The summed E-state index contributed by atoms with van der Waals surface area (Å²) < 4.78 is 5.68. The Kier molecular flexibility index (Phi) is 4.55. The first-order chi connectivity index (χ1) is 10.0. The normalized spacial score (nSPS) is 10.4. The Labute approximate surface area is 123 Å². The molecule has 21 heavy (non-hydrogen) atoms. The number of hydrogen-bond donors (Lipinski definition) is 1. The minimum absolute atomic E-state index is 0.0417. The molecule has 0 saturated carbocycles. The third kappa shape index (κ3) is 3.38. The van der Waals surface area contributed by atoms with Gasteiger partial charge < -0.3 is 9.84 Å². The molecule has 110 valence electrons. The summed E-state index contributed by atoms with van der Waals surface area (Å²) in [6, 6.07) is 10.2. The van der Waals surface area contributed by atoms with Crippen LogP contribution in [-0.4, -0.2) is 10.0 Å². The van der Waals surface area contributed by atoms with Gasteiger partial charge in [0.15, 0.2) is 0 Å². The molecule has 0 aromatic heterocycles. The molecule has 0 aliphatic rings. The molecule has 0 aliphatic carbocycles. The van der Waals surface area contributed by atoms with Crippen LogP contribution in [0.1, 0.15) is 23.6 Å². The van der Waals surface area contributed by atoms with E-state index in [0.29, 0.717) is 5.75 Å². The molecule has 0 atom stereocenters. The monoisotopic (exact) mass is 287 g/mol. The van der Waals surface area contributed by atoms with Gasteiger partial charge in [-0.15, -0.1) is 0 Å². The van der Waals surface area contributed by atoms with Gasteiger partial charge >= 0.3 is 5.69 Å². The van der Waals surface area contributed by atoms with E-state index in [-0.39, 0.29) is 18.0 Å². The fourth-order valence-electron chi connectivity index (χ4n) is 2.05. The van der Waals surface area contributed by atoms with Gasteiger partial charge in [-0.25, -0.2) is 0 Å². The Balaban J connectivity index is 2.37. The van der Waals surface area contributed by atoms with Gasteiger partial charge in [0.1, 0.15) is 5.75 Å². The van der Waals surface area contributed by atoms with Crippen LogP contribution < -0.4 is 4.74 Å². The first-order valence-electron chi connectivity index (χ1n) is 6.70. The summed E-state index contributed by atoms with van der Waals surface area (Å²) in [6.07, 6.45) is 0.728. The first-order valence-corrected chi connectivity index (χ1v) is 6.70. The van der Waals surface area contributed by atoms with E-state index in [1.54, 1.807) is 24.3 Å². The maximum atomic E-state index is 11.2. The van der Waals surface area contributed by atoms with Crippen LogP contribution in [0.2, 0.25) is 0 Å². The fraction of sp³-hybridized carbons (Fsp3) is 0.250. The SMILES string of the molecule is CCc1ccc(Oc2ccc(CO)cc2C)c([N+](=O)[O-])c1. The van der Waals surface area contributed by atoms with Gasteiger partial charge in [-0.2, -0.15) is 0 Å². The molecule has 0 aliphatic heterocycles. The molecular weight excluding hydrogens is 270 g/mol. The number of rotatable bonds is 5. The third-order valence-electron chi connectivity index (χ3n) is 3.27. The zero-order valence-corrected chi connectivity index (χ0v) is 12.0. The van der Waals surface area contributed by atoms with E-state index in [1.807, 2.05) is 19.9 Å². The maximum absolute atomic E-state index is 11.2. The predicted octanol–water partition coefficient (Wildman–Crippen LogP) is 3.75. The number of hydrogen-bond acceptors (Lipinski definition) is 4. The molecule has 0 bridgehead atoms. The van der Waals surface area contributed by atoms with Crippen LogP contribution in [0.25, 0.3) is 0 Å². The fourth-order valence-corrected chi connectivity index (χ4v) is 2.05. The molecule has 2 rings (SSSR count). The number of nitrogens with zero attached hydrogens (tertiary/aromatic N) is 1. The van der Waals surface area contributed by atoms with Gasteiger partial charge in [-0.1, -0.05) is 25.1 Å². The van der Waals surface area contributed by atoms with Crippen molar-refractivity contribution < 1.29 is 14.8 Å². The molecule has 0 spiro atoms. The lowest BCUT2D eigenvalue weighted by Crippen LogP contribution is -1.96. The van der Waals surface area contributed by atoms with Crippen LogP contribution in [-0.2, 0) is 13.0 Å². The van der Waals surface area contributed by atoms with Crippen LogP contribution >= 0.6 is 0 Å². The minimum atomic E-state index is -0.439. The molecular formula is C16H17NO4. The standard InChI is InChI=1S/C16H17NO4/c1-3-12-4-7-16(14(9-12)17(19)20)21-15-6-5-13(10-18)8-11(15)2/h4-9,18H,3,10H2,1-2H3. The van der Waals surface area contributed by atoms with Crippen molar-refractivity contribution in [3.05, 3.63) is 63.2 Å². The lowest BCUT2D eigenvalue weighted by atomic mass is 10.1. The second-order valence-corrected chi connectivity index (χ2v) is 4.77. The number of aryl methyl sites for hydroxylation is 2. The number of nitro benzene ring substituents is 1. The molecule has 5 heteroatoms. The second kappa shape index (κ2) is 6.37. The minimum Gasteiger partial charge on any atom is -0.450 e. The van der Waals surface area contributed by atoms with E-state index in [1.165, 1.54) is 6.07 Å². The summed E-state index contributed by atoms with van der Waals surface area (Å²) in [5, 5.41) is 20.2. The highest BCUT2D eigenvalue weighted by Gasteiger charge is 2.17. The summed E-state index contributed by atoms with van der Waals surface area (Å²) in [7, 11) is 0. The Morgan fingerprint density at radius 2 is 1.81 bits per heavy atom. The van der Waals surface area contributed by atoms with E-state index >= 15 is 0 Å². The van der Waals surface area contributed by atoms with Gasteiger partial charge in [0, 0.05) is 6.07 Å². The van der Waals surface area contributed by atoms with Crippen molar-refractivity contribution in [3.8, 4) is 11.5 Å². The highest BCUT2D eigenvalue weighted by Crippen LogP contribution is 2.33. The van der Waals surface area contributed by atoms with Crippen LogP contribution in [0, 0.1) is 17.0 Å². The number of aliphatic hydroxyl groups excluding tert-OH is 1. The van der Waals surface area contributed by atoms with Crippen molar-refractivity contribution >= 4 is 5.69 Å². The third-order valence-corrected chi connectivity index (χ3v) is 3.27. The molecule has 2 aromatic rings. The molecule has 0 radical (unpaired) electrons. The molecule has 0 fully saturated rings. The quantitative estimate of drug-likeness (QED) is 0.671. The summed E-state index contributed by atoms with van der Waals surface area (Å²) in [5.74, 6) is 0.761. The number of aliphatic hydroxyl groups is 1. The van der Waals surface area contributed by atoms with Crippen LogP contribution in [0.5, 0.6) is 11.5 Å². The zero-order valence-electron chi connectivity index (χ0n) is 12.0. The highest BCUT2D eigenvalue weighted by molar-refractivity contribution is 5.51. The number of benzene rings is 2. The van der Waals surface area contributed by atoms with Gasteiger partial charge in [-0.05, 0) is 42.2 Å². The average molecular weight is 287 g/mol. The average Bonchev–Trinajstić information content (AvgIpc) is 2.49. The van der Waals surface area contributed by atoms with Crippen molar-refractivity contribution in [2.24, 2.45) is 0 Å². The zero-order chi connectivity index (χ0) is 15.4. The van der Waals surface area contributed by atoms with Gasteiger partial charge in [0.25, 0.3) is 0 Å². The van der Waals surface area contributed by atoms with Crippen molar-refractivity contribution in [1.82, 2.24) is 0 Å². The summed E-state index contributed by atoms with van der Waals surface area (Å²) in [5.41, 5.74) is 2.44. The van der Waals surface area contributed by atoms with Gasteiger partial charge in [0.2, 0.25) is 5.75 Å². The van der Waals surface area contributed by atoms with E-state index in [2.05, 4.69) is 0 Å². The summed E-state index contributed by atoms with van der Waals surface area (Å²) in [6.45, 7) is 3.73. The second-order valence-electron chi connectivity index (χ2n) is 4.77. The number of ether oxygens (including phenoxy) is 1. The molecule has 5 nitrogen and oxygen atoms in total. The molecule has 0 heterocycles. The summed E-state index contributed by atoms with van der Waals surface area (Å²) in [4.78, 5) is 10.7. The molecule has 0 amide bonds. The lowest BCUT2D eigenvalue weighted by Gasteiger charge is -2.10. The number of nitro groups is 1. The first kappa shape index (κ1) is 15.0. The van der Waals surface area contributed by atoms with Crippen LogP contribution in [0.15, 0.2) is 36.4 Å². The largest absolute Gasteiger partial charge is 0.450 e. The molecule has 1 N–H and O–H groups in total. The van der Waals surface area contributed by atoms with Crippen LogP contribution in [0.3, 0.4) is 0 Å². The Bertz CT molecular complexity index is 667. The maximum Gasteiger partial charge on any atom is 0.311 e. The topological polar surface area (TPSA) is 72.6 Å². The van der Waals surface area contributed by atoms with Crippen molar-refractivity contribution in [2.45, 2.75) is 26.9 Å². The summed E-state index contributed by atoms with van der Waals surface area (Å²) >= 11 is 0. The molecule has 2 aromatic carbocycles. The highest BCUT2D eigenvalue weighted by atomic mass is 16.6. The van der Waals surface area contributed by atoms with E-state index < -0.39 is 4.92 Å². The van der Waals surface area contributed by atoms with Crippen molar-refractivity contribution in [1.29, 1.82) is 0 Å². The van der Waals surface area contributed by atoms with E-state index in [9.17, 15) is 10.1 Å². The van der Waals surface area contributed by atoms with E-state index in [0.717, 1.165) is 23.1 Å². The lowest BCUT2D eigenvalue weighted by molar-refractivity contribution is -0.385. The Morgan fingerprint density at radius 1 is 1.14 bits per heavy atom. The van der Waals surface area contributed by atoms with Crippen LogP contribution in [0.4, 0.5) is 5.69 Å². The van der Waals surface area contributed by atoms with E-state index in [4.69, 9.17) is 9.84 Å². The van der Waals surface area contributed by atoms with Crippen molar-refractivity contribution in [2.75, 3.05) is 0 Å². The Hall–Kier alpha value is -2.40. The van der Waals surface area contributed by atoms with Gasteiger partial charge in [0.05, 0.1) is 11.5 Å². The smallest absolute Gasteiger partial charge is 0.311 e. The predicted molar refractivity (Wildman–Crippen MR) is 79.7 cm³/mol. The van der Waals surface area contributed by atoms with Gasteiger partial charge in [-0.3, -0.25) is 10.1 Å². The molecule has 0 saturated heterocycles. The Morgan fingerprint density at radius 3 is 2.38 bits per heavy atom. The molecule has 0 unspecified atom stereocenters. The van der Waals surface area contributed by atoms with Crippen molar-refractivity contribution in [3.63, 3.8) is 0 Å².